The van der Waals surface area contributed by atoms with Crippen LogP contribution in [0.25, 0.3) is 0 Å². The van der Waals surface area contributed by atoms with Gasteiger partial charge in [-0.3, -0.25) is 4.79 Å². The summed E-state index contributed by atoms with van der Waals surface area (Å²) in [5.74, 6) is 0.576. The quantitative estimate of drug-likeness (QED) is 0.421. The zero-order chi connectivity index (χ0) is 9.40. The van der Waals surface area contributed by atoms with Gasteiger partial charge in [0.2, 0.25) is 0 Å². The molecule has 0 aromatic rings. The number of carbonyl (C=O) groups is 1. The molecule has 0 heterocycles. The molecule has 0 aliphatic carbocycles. The molecule has 0 aromatic carbocycles. The Morgan fingerprint density at radius 1 is 1.42 bits per heavy atom. The molecule has 1 heteroatoms. The molecule has 0 rings (SSSR count). The van der Waals surface area contributed by atoms with Crippen LogP contribution in [0, 0.1) is 5.92 Å². The predicted octanol–water partition coefficient (Wildman–Crippen LogP) is 3.35. The van der Waals surface area contributed by atoms with E-state index in [-0.39, 0.29) is 5.92 Å². The Labute approximate surface area is 75.9 Å². The number of rotatable bonds is 7. The Kier molecular flexibility index (Phi) is 6.73. The lowest BCUT2D eigenvalue weighted by atomic mass is 9.99. The van der Waals surface area contributed by atoms with Crippen LogP contribution in [0.3, 0.4) is 0 Å². The van der Waals surface area contributed by atoms with Crippen molar-refractivity contribution in [1.82, 2.24) is 0 Å². The van der Waals surface area contributed by atoms with Crippen LogP contribution in [0.15, 0.2) is 12.7 Å². The summed E-state index contributed by atoms with van der Waals surface area (Å²) in [6, 6.07) is 0. The van der Waals surface area contributed by atoms with E-state index in [1.807, 2.05) is 13.0 Å². The van der Waals surface area contributed by atoms with Crippen molar-refractivity contribution in [3.63, 3.8) is 0 Å². The SMILES string of the molecule is C=CCCCCC[C@H](C)C(C)=O. The van der Waals surface area contributed by atoms with Crippen molar-refractivity contribution in [1.29, 1.82) is 0 Å². The molecule has 0 aliphatic rings. The number of allylic oxidation sites excluding steroid dienone is 1. The summed E-state index contributed by atoms with van der Waals surface area (Å²) in [4.78, 5) is 10.8. The summed E-state index contributed by atoms with van der Waals surface area (Å²) >= 11 is 0. The third-order valence-corrected chi connectivity index (χ3v) is 2.24. The second kappa shape index (κ2) is 7.08. The maximum absolute atomic E-state index is 10.8. The Morgan fingerprint density at radius 3 is 2.58 bits per heavy atom. The molecule has 1 nitrogen and oxygen atoms in total. The summed E-state index contributed by atoms with van der Waals surface area (Å²) in [6.07, 6.45) is 7.72. The van der Waals surface area contributed by atoms with Crippen LogP contribution in [-0.2, 0) is 4.79 Å². The molecule has 0 N–H and O–H groups in total. The number of hydrogen-bond acceptors (Lipinski definition) is 1. The van der Waals surface area contributed by atoms with Crippen LogP contribution in [0.2, 0.25) is 0 Å². The standard InChI is InChI=1S/C11H20O/c1-4-5-6-7-8-9-10(2)11(3)12/h4,10H,1,5-9H2,2-3H3/t10-/m0/s1. The van der Waals surface area contributed by atoms with E-state index in [9.17, 15) is 4.79 Å². The zero-order valence-electron chi connectivity index (χ0n) is 8.31. The normalized spacial score (nSPS) is 12.5. The van der Waals surface area contributed by atoms with Gasteiger partial charge in [0.25, 0.3) is 0 Å². The van der Waals surface area contributed by atoms with Crippen molar-refractivity contribution in [2.75, 3.05) is 0 Å². The summed E-state index contributed by atoms with van der Waals surface area (Å²) in [5.41, 5.74) is 0. The van der Waals surface area contributed by atoms with Crippen LogP contribution >= 0.6 is 0 Å². The van der Waals surface area contributed by atoms with Crippen molar-refractivity contribution in [2.24, 2.45) is 5.92 Å². The molecule has 12 heavy (non-hydrogen) atoms. The Hall–Kier alpha value is -0.590. The number of unbranched alkanes of at least 4 members (excludes halogenated alkanes) is 3. The highest BCUT2D eigenvalue weighted by Crippen LogP contribution is 2.10. The van der Waals surface area contributed by atoms with Gasteiger partial charge < -0.3 is 0 Å². The lowest BCUT2D eigenvalue weighted by molar-refractivity contribution is -0.120. The lowest BCUT2D eigenvalue weighted by Crippen LogP contribution is -2.05. The molecule has 0 aromatic heterocycles. The molecule has 0 unspecified atom stereocenters. The van der Waals surface area contributed by atoms with Crippen molar-refractivity contribution in [3.05, 3.63) is 12.7 Å². The first-order valence-electron chi connectivity index (χ1n) is 4.79. The average Bonchev–Trinajstić information content (AvgIpc) is 2.03. The van der Waals surface area contributed by atoms with Gasteiger partial charge in [-0.25, -0.2) is 0 Å². The first-order valence-corrected chi connectivity index (χ1v) is 4.79. The van der Waals surface area contributed by atoms with E-state index in [4.69, 9.17) is 0 Å². The van der Waals surface area contributed by atoms with Gasteiger partial charge in [0.15, 0.2) is 0 Å². The topological polar surface area (TPSA) is 17.1 Å². The molecule has 0 amide bonds. The zero-order valence-corrected chi connectivity index (χ0v) is 8.31. The molecule has 0 saturated carbocycles. The minimum Gasteiger partial charge on any atom is -0.300 e. The summed E-state index contributed by atoms with van der Waals surface area (Å²) < 4.78 is 0. The molecule has 0 fully saturated rings. The number of carbonyl (C=O) groups excluding carboxylic acids is 1. The first kappa shape index (κ1) is 11.4. The summed E-state index contributed by atoms with van der Waals surface area (Å²) in [5, 5.41) is 0. The average molecular weight is 168 g/mol. The molecule has 70 valence electrons. The highest BCUT2D eigenvalue weighted by molar-refractivity contribution is 5.77. The van der Waals surface area contributed by atoms with E-state index in [2.05, 4.69) is 6.58 Å². The molecule has 0 saturated heterocycles. The number of Topliss-reactive ketones (excluding diaryl/α,β-unsaturated/α-hetero) is 1. The molecule has 0 spiro atoms. The van der Waals surface area contributed by atoms with Crippen LogP contribution in [0.5, 0.6) is 0 Å². The molecular weight excluding hydrogens is 148 g/mol. The highest BCUT2D eigenvalue weighted by atomic mass is 16.1. The van der Waals surface area contributed by atoms with Gasteiger partial charge >= 0.3 is 0 Å². The van der Waals surface area contributed by atoms with Crippen LogP contribution in [-0.4, -0.2) is 5.78 Å². The van der Waals surface area contributed by atoms with Gasteiger partial charge in [0.1, 0.15) is 5.78 Å². The van der Waals surface area contributed by atoms with E-state index in [0.29, 0.717) is 5.78 Å². The predicted molar refractivity (Wildman–Crippen MR) is 53.1 cm³/mol. The maximum Gasteiger partial charge on any atom is 0.132 e. The maximum atomic E-state index is 10.8. The number of hydrogen-bond donors (Lipinski definition) is 0. The van der Waals surface area contributed by atoms with Gasteiger partial charge in [0.05, 0.1) is 0 Å². The van der Waals surface area contributed by atoms with E-state index >= 15 is 0 Å². The van der Waals surface area contributed by atoms with Crippen LogP contribution in [0.1, 0.15) is 46.0 Å². The van der Waals surface area contributed by atoms with Crippen molar-refractivity contribution in [2.45, 2.75) is 46.0 Å². The second-order valence-electron chi connectivity index (χ2n) is 3.44. The van der Waals surface area contributed by atoms with Crippen molar-refractivity contribution < 1.29 is 4.79 Å². The van der Waals surface area contributed by atoms with Gasteiger partial charge in [0, 0.05) is 5.92 Å². The van der Waals surface area contributed by atoms with Gasteiger partial charge in [-0.15, -0.1) is 6.58 Å². The van der Waals surface area contributed by atoms with Gasteiger partial charge in [-0.05, 0) is 26.2 Å². The first-order chi connectivity index (χ1) is 5.68. The molecule has 0 aliphatic heterocycles. The fraction of sp³-hybridized carbons (Fsp3) is 0.727. The Balaban J connectivity index is 3.19. The number of ketones is 1. The molecule has 1 atom stereocenters. The van der Waals surface area contributed by atoms with E-state index in [1.54, 1.807) is 6.92 Å². The third kappa shape index (κ3) is 6.14. The van der Waals surface area contributed by atoms with E-state index in [0.717, 1.165) is 12.8 Å². The van der Waals surface area contributed by atoms with Crippen molar-refractivity contribution >= 4 is 5.78 Å². The molecule has 0 radical (unpaired) electrons. The largest absolute Gasteiger partial charge is 0.300 e. The Bertz CT molecular complexity index is 138. The van der Waals surface area contributed by atoms with Crippen LogP contribution < -0.4 is 0 Å². The van der Waals surface area contributed by atoms with Crippen LogP contribution in [0.4, 0.5) is 0 Å². The lowest BCUT2D eigenvalue weighted by Gasteiger charge is -2.05. The second-order valence-corrected chi connectivity index (χ2v) is 3.44. The van der Waals surface area contributed by atoms with Crippen molar-refractivity contribution in [3.8, 4) is 0 Å². The van der Waals surface area contributed by atoms with E-state index < -0.39 is 0 Å². The summed E-state index contributed by atoms with van der Waals surface area (Å²) in [7, 11) is 0. The smallest absolute Gasteiger partial charge is 0.132 e. The minimum atomic E-state index is 0.258. The third-order valence-electron chi connectivity index (χ3n) is 2.24. The molecule has 0 bridgehead atoms. The molecular formula is C11H20O. The van der Waals surface area contributed by atoms with Gasteiger partial charge in [-0.2, -0.15) is 0 Å². The summed E-state index contributed by atoms with van der Waals surface area (Å²) in [6.45, 7) is 7.35. The fourth-order valence-corrected chi connectivity index (χ4v) is 1.12. The Morgan fingerprint density at radius 2 is 2.08 bits per heavy atom. The monoisotopic (exact) mass is 168 g/mol. The minimum absolute atomic E-state index is 0.258. The van der Waals surface area contributed by atoms with Gasteiger partial charge in [-0.1, -0.05) is 25.8 Å². The highest BCUT2D eigenvalue weighted by Gasteiger charge is 2.05. The van der Waals surface area contributed by atoms with E-state index in [1.165, 1.54) is 19.3 Å². The fourth-order valence-electron chi connectivity index (χ4n) is 1.12.